The summed E-state index contributed by atoms with van der Waals surface area (Å²) in [7, 11) is 0. The third-order valence-electron chi connectivity index (χ3n) is 5.05. The van der Waals surface area contributed by atoms with Crippen LogP contribution in [0.1, 0.15) is 97.1 Å². The lowest BCUT2D eigenvalue weighted by atomic mass is 9.78. The van der Waals surface area contributed by atoms with E-state index >= 15 is 0 Å². The predicted molar refractivity (Wildman–Crippen MR) is 105 cm³/mol. The zero-order valence-corrected chi connectivity index (χ0v) is 18.0. The largest absolute Gasteiger partial charge is 0.487 e. The molecule has 0 spiro atoms. The van der Waals surface area contributed by atoms with Crippen molar-refractivity contribution in [2.45, 2.75) is 98.9 Å². The van der Waals surface area contributed by atoms with Gasteiger partial charge in [-0.2, -0.15) is 0 Å². The number of rotatable bonds is 3. The lowest BCUT2D eigenvalue weighted by Crippen LogP contribution is -2.31. The fourth-order valence-electron chi connectivity index (χ4n) is 3.62. The summed E-state index contributed by atoms with van der Waals surface area (Å²) in [5, 5.41) is 0. The van der Waals surface area contributed by atoms with Gasteiger partial charge in [0.05, 0.1) is 5.56 Å². The molecule has 1 aromatic carbocycles. The molecular formula is C22H34O4. The van der Waals surface area contributed by atoms with Gasteiger partial charge in [-0.1, -0.05) is 34.6 Å². The van der Waals surface area contributed by atoms with Gasteiger partial charge in [-0.25, -0.2) is 0 Å². The molecular weight excluding hydrogens is 328 g/mol. The Bertz CT molecular complexity index is 681. The molecule has 0 bridgehead atoms. The highest BCUT2D eigenvalue weighted by Gasteiger charge is 2.47. The molecule has 0 radical (unpaired) electrons. The molecule has 3 rings (SSSR count). The van der Waals surface area contributed by atoms with Gasteiger partial charge in [-0.3, -0.25) is 4.79 Å². The normalized spacial score (nSPS) is 18.5. The standard InChI is InChI=1S/C20H28O4.C2H6/c1-9-18(3,4)14-15-12(10-19(5,6)22-15)13(11(2)21)16-17(14)24-20(7,8)23-16;1-2/h9-10H2,1-8H3;1-2H3. The highest BCUT2D eigenvalue weighted by atomic mass is 16.7. The van der Waals surface area contributed by atoms with Crippen LogP contribution in [-0.4, -0.2) is 17.2 Å². The first kappa shape index (κ1) is 20.6. The molecule has 0 atom stereocenters. The minimum atomic E-state index is -0.782. The molecule has 2 aliphatic rings. The van der Waals surface area contributed by atoms with E-state index in [1.54, 1.807) is 6.92 Å². The lowest BCUT2D eigenvalue weighted by Gasteiger charge is -2.29. The number of carbonyl (C=O) groups is 1. The molecule has 2 aliphatic heterocycles. The Labute approximate surface area is 158 Å². The van der Waals surface area contributed by atoms with Crippen molar-refractivity contribution in [1.29, 1.82) is 0 Å². The summed E-state index contributed by atoms with van der Waals surface area (Å²) in [4.78, 5) is 12.4. The van der Waals surface area contributed by atoms with E-state index in [0.717, 1.165) is 23.3 Å². The van der Waals surface area contributed by atoms with E-state index in [-0.39, 0.29) is 16.8 Å². The molecule has 2 heterocycles. The minimum Gasteiger partial charge on any atom is -0.487 e. The Morgan fingerprint density at radius 2 is 1.54 bits per heavy atom. The van der Waals surface area contributed by atoms with Gasteiger partial charge in [0, 0.05) is 31.4 Å². The average molecular weight is 363 g/mol. The highest BCUT2D eigenvalue weighted by molar-refractivity contribution is 6.01. The van der Waals surface area contributed by atoms with Gasteiger partial charge < -0.3 is 14.2 Å². The zero-order valence-electron chi connectivity index (χ0n) is 18.0. The predicted octanol–water partition coefficient (Wildman–Crippen LogP) is 5.82. The number of hydrogen-bond donors (Lipinski definition) is 0. The monoisotopic (exact) mass is 362 g/mol. The minimum absolute atomic E-state index is 0.00838. The number of ketones is 1. The summed E-state index contributed by atoms with van der Waals surface area (Å²) >= 11 is 0. The summed E-state index contributed by atoms with van der Waals surface area (Å²) in [6.45, 7) is 19.9. The smallest absolute Gasteiger partial charge is 0.246 e. The molecule has 4 nitrogen and oxygen atoms in total. The molecule has 0 amide bonds. The molecule has 26 heavy (non-hydrogen) atoms. The fourth-order valence-corrected chi connectivity index (χ4v) is 3.62. The average Bonchev–Trinajstić information content (AvgIpc) is 2.98. The zero-order chi connectivity index (χ0) is 20.1. The van der Waals surface area contributed by atoms with E-state index in [0.29, 0.717) is 23.5 Å². The number of fused-ring (bicyclic) bond motifs is 2. The van der Waals surface area contributed by atoms with Gasteiger partial charge in [0.1, 0.15) is 11.4 Å². The van der Waals surface area contributed by atoms with E-state index in [9.17, 15) is 4.79 Å². The second-order valence-corrected chi connectivity index (χ2v) is 8.65. The Morgan fingerprint density at radius 3 is 2.04 bits per heavy atom. The van der Waals surface area contributed by atoms with Gasteiger partial charge in [0.2, 0.25) is 5.79 Å². The number of hydrogen-bond acceptors (Lipinski definition) is 4. The van der Waals surface area contributed by atoms with Gasteiger partial charge in [0.25, 0.3) is 0 Å². The van der Waals surface area contributed by atoms with E-state index < -0.39 is 5.79 Å². The van der Waals surface area contributed by atoms with Crippen LogP contribution >= 0.6 is 0 Å². The molecule has 0 aliphatic carbocycles. The molecule has 0 N–H and O–H groups in total. The molecule has 0 saturated heterocycles. The van der Waals surface area contributed by atoms with Crippen LogP contribution in [0.4, 0.5) is 0 Å². The van der Waals surface area contributed by atoms with Crippen molar-refractivity contribution in [3.63, 3.8) is 0 Å². The van der Waals surface area contributed by atoms with Crippen molar-refractivity contribution < 1.29 is 19.0 Å². The molecule has 0 saturated carbocycles. The first-order valence-electron chi connectivity index (χ1n) is 9.70. The maximum Gasteiger partial charge on any atom is 0.246 e. The number of carbonyl (C=O) groups excluding carboxylic acids is 1. The Hall–Kier alpha value is -1.71. The second-order valence-electron chi connectivity index (χ2n) is 8.65. The van der Waals surface area contributed by atoms with Crippen LogP contribution in [0.2, 0.25) is 0 Å². The van der Waals surface area contributed by atoms with Gasteiger partial charge >= 0.3 is 0 Å². The summed E-state index contributed by atoms with van der Waals surface area (Å²) in [5.74, 6) is 1.29. The third-order valence-corrected chi connectivity index (χ3v) is 5.05. The summed E-state index contributed by atoms with van der Waals surface area (Å²) in [6, 6.07) is 0. The maximum atomic E-state index is 12.4. The van der Waals surface area contributed by atoms with E-state index in [1.165, 1.54) is 0 Å². The molecule has 1 aromatic rings. The van der Waals surface area contributed by atoms with Crippen LogP contribution in [0.5, 0.6) is 17.2 Å². The topological polar surface area (TPSA) is 44.8 Å². The Balaban J connectivity index is 0.00000117. The van der Waals surface area contributed by atoms with Gasteiger partial charge in [-0.15, -0.1) is 0 Å². The Morgan fingerprint density at radius 1 is 1.00 bits per heavy atom. The van der Waals surface area contributed by atoms with Crippen LogP contribution in [-0.2, 0) is 11.8 Å². The van der Waals surface area contributed by atoms with Crippen molar-refractivity contribution >= 4 is 5.78 Å². The first-order valence-corrected chi connectivity index (χ1v) is 9.70. The van der Waals surface area contributed by atoms with Crippen LogP contribution < -0.4 is 14.2 Å². The second kappa shape index (κ2) is 6.47. The lowest BCUT2D eigenvalue weighted by molar-refractivity contribution is -0.0440. The molecule has 4 heteroatoms. The summed E-state index contributed by atoms with van der Waals surface area (Å²) in [6.07, 6.45) is 1.62. The van der Waals surface area contributed by atoms with Crippen LogP contribution in [0, 0.1) is 0 Å². The molecule has 0 fully saturated rings. The molecule has 146 valence electrons. The summed E-state index contributed by atoms with van der Waals surface area (Å²) in [5.41, 5.74) is 2.12. The third kappa shape index (κ3) is 3.30. The fraction of sp³-hybridized carbons (Fsp3) is 0.682. The van der Waals surface area contributed by atoms with Crippen LogP contribution in [0.3, 0.4) is 0 Å². The number of benzene rings is 1. The van der Waals surface area contributed by atoms with Gasteiger partial charge in [0.15, 0.2) is 17.3 Å². The van der Waals surface area contributed by atoms with E-state index in [4.69, 9.17) is 14.2 Å². The molecule has 0 unspecified atom stereocenters. The van der Waals surface area contributed by atoms with E-state index in [2.05, 4.69) is 34.6 Å². The van der Waals surface area contributed by atoms with E-state index in [1.807, 2.05) is 27.7 Å². The van der Waals surface area contributed by atoms with Crippen molar-refractivity contribution in [2.75, 3.05) is 0 Å². The van der Waals surface area contributed by atoms with Crippen LogP contribution in [0.15, 0.2) is 0 Å². The first-order chi connectivity index (χ1) is 11.9. The van der Waals surface area contributed by atoms with Gasteiger partial charge in [-0.05, 0) is 32.6 Å². The number of ether oxygens (including phenoxy) is 3. The van der Waals surface area contributed by atoms with Crippen molar-refractivity contribution in [3.05, 3.63) is 16.7 Å². The highest BCUT2D eigenvalue weighted by Crippen LogP contribution is 2.57. The Kier molecular flexibility index (Phi) is 5.13. The van der Waals surface area contributed by atoms with Crippen LogP contribution in [0.25, 0.3) is 0 Å². The van der Waals surface area contributed by atoms with Crippen molar-refractivity contribution in [3.8, 4) is 17.2 Å². The van der Waals surface area contributed by atoms with Crippen molar-refractivity contribution in [2.24, 2.45) is 0 Å². The summed E-state index contributed by atoms with van der Waals surface area (Å²) < 4.78 is 18.5. The molecule has 0 aromatic heterocycles. The quantitative estimate of drug-likeness (QED) is 0.635. The SMILES string of the molecule is CC.CCC(C)(C)c1c2c(c(C(C)=O)c3c1OC(C)(C)O3)CC(C)(C)O2. The number of Topliss-reactive ketones (excluding diaryl/α,β-unsaturated/α-hetero) is 1. The van der Waals surface area contributed by atoms with Crippen molar-refractivity contribution in [1.82, 2.24) is 0 Å². The maximum absolute atomic E-state index is 12.4.